The highest BCUT2D eigenvalue weighted by atomic mass is 16.6. The van der Waals surface area contributed by atoms with Gasteiger partial charge in [-0.1, -0.05) is 160 Å². The molecular formula is C44H91N3O4. The molecule has 0 aromatic rings. The number of unbranched alkanes of at least 4 members (excludes halogenated alkanes) is 27. The molecule has 0 aliphatic heterocycles. The molecular weight excluding hydrogens is 635 g/mol. The van der Waals surface area contributed by atoms with Crippen LogP contribution in [0.4, 0.5) is 0 Å². The SMILES string of the molecule is CCCCCCCCC/C=C\CCCCCCCCCN(O)CCCCCCCCCC(O)OCCCCCCCCCCNCN(C)CCO. The Bertz CT molecular complexity index is 668. The van der Waals surface area contributed by atoms with Crippen molar-refractivity contribution in [3.8, 4) is 0 Å². The number of nitrogens with zero attached hydrogens (tertiary/aromatic N) is 2. The van der Waals surface area contributed by atoms with Crippen LogP contribution in [0, 0.1) is 0 Å². The zero-order chi connectivity index (χ0) is 37.1. The van der Waals surface area contributed by atoms with Crippen molar-refractivity contribution in [3.63, 3.8) is 0 Å². The maximum Gasteiger partial charge on any atom is 0.154 e. The Morgan fingerprint density at radius 1 is 0.549 bits per heavy atom. The first-order valence-corrected chi connectivity index (χ1v) is 22.5. The number of hydrogen-bond acceptors (Lipinski definition) is 7. The van der Waals surface area contributed by atoms with E-state index in [2.05, 4.69) is 29.3 Å². The number of rotatable bonds is 44. The number of nitrogens with one attached hydrogen (secondary N) is 1. The maximum atomic E-state index is 10.2. The van der Waals surface area contributed by atoms with Crippen LogP contribution in [-0.4, -0.2) is 84.8 Å². The number of hydroxylamine groups is 2. The van der Waals surface area contributed by atoms with Gasteiger partial charge in [-0.2, -0.15) is 5.06 Å². The van der Waals surface area contributed by atoms with Gasteiger partial charge in [0.1, 0.15) is 0 Å². The largest absolute Gasteiger partial charge is 0.395 e. The van der Waals surface area contributed by atoms with E-state index >= 15 is 0 Å². The van der Waals surface area contributed by atoms with Gasteiger partial charge in [0.25, 0.3) is 0 Å². The standard InChI is InChI=1S/C44H91N3O4/c1-3-4-5-6-7-8-9-10-11-12-13-14-15-16-18-23-28-33-38-47(50)39-34-29-24-20-21-26-31-36-44(49)51-42-35-30-25-19-17-22-27-32-37-45-43-46(2)40-41-48/h11-12,44-45,48-50H,3-10,13-43H2,1-2H3/b12-11-. The fraction of sp³-hybridized carbons (Fsp3) is 0.955. The Labute approximate surface area is 318 Å². The molecule has 0 aromatic heterocycles. The summed E-state index contributed by atoms with van der Waals surface area (Å²) in [6.07, 6.45) is 44.5. The van der Waals surface area contributed by atoms with Crippen LogP contribution in [0.15, 0.2) is 12.2 Å². The smallest absolute Gasteiger partial charge is 0.154 e. The summed E-state index contributed by atoms with van der Waals surface area (Å²) in [6.45, 7) is 7.44. The topological polar surface area (TPSA) is 88.4 Å². The summed E-state index contributed by atoms with van der Waals surface area (Å²) in [5.41, 5.74) is 0. The zero-order valence-corrected chi connectivity index (χ0v) is 34.5. The molecule has 0 rings (SSSR count). The van der Waals surface area contributed by atoms with Crippen LogP contribution in [0.3, 0.4) is 0 Å². The molecule has 0 spiro atoms. The molecule has 0 radical (unpaired) electrons. The Balaban J connectivity index is 3.27. The van der Waals surface area contributed by atoms with Gasteiger partial charge in [0.15, 0.2) is 6.29 Å². The van der Waals surface area contributed by atoms with E-state index in [0.29, 0.717) is 6.61 Å². The molecule has 306 valence electrons. The molecule has 0 aliphatic rings. The number of aliphatic hydroxyl groups excluding tert-OH is 2. The fourth-order valence-electron chi connectivity index (χ4n) is 6.74. The third kappa shape index (κ3) is 43.8. The molecule has 0 aliphatic carbocycles. The summed E-state index contributed by atoms with van der Waals surface area (Å²) >= 11 is 0. The van der Waals surface area contributed by atoms with Gasteiger partial charge in [-0.25, -0.2) is 0 Å². The molecule has 0 aromatic carbocycles. The molecule has 1 atom stereocenters. The minimum absolute atomic E-state index is 0.220. The van der Waals surface area contributed by atoms with Crippen LogP contribution in [0.25, 0.3) is 0 Å². The third-order valence-corrected chi connectivity index (χ3v) is 10.2. The lowest BCUT2D eigenvalue weighted by Gasteiger charge is -2.15. The minimum atomic E-state index is -0.598. The highest BCUT2D eigenvalue weighted by Gasteiger charge is 2.05. The van der Waals surface area contributed by atoms with E-state index in [-0.39, 0.29) is 6.61 Å². The molecule has 7 nitrogen and oxygen atoms in total. The monoisotopic (exact) mass is 726 g/mol. The average molecular weight is 726 g/mol. The van der Waals surface area contributed by atoms with Gasteiger partial charge in [0.2, 0.25) is 0 Å². The second-order valence-corrected chi connectivity index (χ2v) is 15.5. The van der Waals surface area contributed by atoms with Crippen LogP contribution in [-0.2, 0) is 4.74 Å². The van der Waals surface area contributed by atoms with Gasteiger partial charge in [0.05, 0.1) is 6.61 Å². The van der Waals surface area contributed by atoms with Crippen molar-refractivity contribution in [3.05, 3.63) is 12.2 Å². The van der Waals surface area contributed by atoms with Crippen molar-refractivity contribution in [2.75, 3.05) is 53.1 Å². The quantitative estimate of drug-likeness (QED) is 0.0215. The number of allylic oxidation sites excluding steroid dienone is 2. The minimum Gasteiger partial charge on any atom is -0.395 e. The molecule has 0 saturated carbocycles. The maximum absolute atomic E-state index is 10.2. The predicted octanol–water partition coefficient (Wildman–Crippen LogP) is 11.5. The van der Waals surface area contributed by atoms with Crippen LogP contribution >= 0.6 is 0 Å². The van der Waals surface area contributed by atoms with Crippen LogP contribution < -0.4 is 5.32 Å². The molecule has 0 amide bonds. The van der Waals surface area contributed by atoms with E-state index in [1.54, 1.807) is 5.06 Å². The summed E-state index contributed by atoms with van der Waals surface area (Å²) in [4.78, 5) is 2.10. The van der Waals surface area contributed by atoms with Gasteiger partial charge in [-0.05, 0) is 77.8 Å². The lowest BCUT2D eigenvalue weighted by molar-refractivity contribution is -0.105. The molecule has 0 heterocycles. The molecule has 7 heteroatoms. The number of aliphatic hydroxyl groups is 2. The van der Waals surface area contributed by atoms with E-state index in [1.165, 1.54) is 173 Å². The molecule has 51 heavy (non-hydrogen) atoms. The van der Waals surface area contributed by atoms with Crippen LogP contribution in [0.2, 0.25) is 0 Å². The summed E-state index contributed by atoms with van der Waals surface area (Å²) in [5.74, 6) is 0. The van der Waals surface area contributed by atoms with Crippen molar-refractivity contribution in [2.24, 2.45) is 0 Å². The van der Waals surface area contributed by atoms with Crippen LogP contribution in [0.5, 0.6) is 0 Å². The van der Waals surface area contributed by atoms with Crippen molar-refractivity contribution in [2.45, 2.75) is 219 Å². The van der Waals surface area contributed by atoms with Crippen molar-refractivity contribution in [1.29, 1.82) is 0 Å². The van der Waals surface area contributed by atoms with E-state index in [9.17, 15) is 10.3 Å². The van der Waals surface area contributed by atoms with Crippen LogP contribution in [0.1, 0.15) is 212 Å². The Hall–Kier alpha value is -0.540. The summed E-state index contributed by atoms with van der Waals surface area (Å²) < 4.78 is 5.63. The molecule has 4 N–H and O–H groups in total. The summed E-state index contributed by atoms with van der Waals surface area (Å²) in [5, 5.41) is 34.2. The third-order valence-electron chi connectivity index (χ3n) is 10.2. The van der Waals surface area contributed by atoms with Gasteiger partial charge in [-0.15, -0.1) is 0 Å². The predicted molar refractivity (Wildman–Crippen MR) is 220 cm³/mol. The normalized spacial score (nSPS) is 12.7. The van der Waals surface area contributed by atoms with E-state index < -0.39 is 6.29 Å². The lowest BCUT2D eigenvalue weighted by Crippen LogP contribution is -2.33. The van der Waals surface area contributed by atoms with Gasteiger partial charge >= 0.3 is 0 Å². The molecule has 0 saturated heterocycles. The van der Waals surface area contributed by atoms with Gasteiger partial charge in [0, 0.05) is 32.9 Å². The highest BCUT2D eigenvalue weighted by molar-refractivity contribution is 4.81. The van der Waals surface area contributed by atoms with Gasteiger partial charge < -0.3 is 25.5 Å². The van der Waals surface area contributed by atoms with E-state index in [4.69, 9.17) is 9.84 Å². The summed E-state index contributed by atoms with van der Waals surface area (Å²) in [6, 6.07) is 0. The lowest BCUT2D eigenvalue weighted by atomic mass is 10.1. The average Bonchev–Trinajstić information content (AvgIpc) is 3.12. The number of hydrogen-bond donors (Lipinski definition) is 4. The Morgan fingerprint density at radius 3 is 1.49 bits per heavy atom. The van der Waals surface area contributed by atoms with Gasteiger partial charge in [-0.3, -0.25) is 4.90 Å². The highest BCUT2D eigenvalue weighted by Crippen LogP contribution is 2.14. The summed E-state index contributed by atoms with van der Waals surface area (Å²) in [7, 11) is 2.02. The molecule has 0 bridgehead atoms. The molecule has 1 unspecified atom stereocenters. The van der Waals surface area contributed by atoms with E-state index in [1.807, 2.05) is 7.05 Å². The Morgan fingerprint density at radius 2 is 0.980 bits per heavy atom. The van der Waals surface area contributed by atoms with E-state index in [0.717, 1.165) is 65.0 Å². The first-order valence-electron chi connectivity index (χ1n) is 22.5. The molecule has 0 fully saturated rings. The van der Waals surface area contributed by atoms with Crippen molar-refractivity contribution in [1.82, 2.24) is 15.3 Å². The fourth-order valence-corrected chi connectivity index (χ4v) is 6.74. The zero-order valence-electron chi connectivity index (χ0n) is 34.5. The van der Waals surface area contributed by atoms with Crippen molar-refractivity contribution >= 4 is 0 Å². The first kappa shape index (κ1) is 50.5. The Kier molecular flexibility index (Phi) is 43.4. The second-order valence-electron chi connectivity index (χ2n) is 15.5. The number of ether oxygens (including phenoxy) is 1. The second kappa shape index (κ2) is 43.9. The van der Waals surface area contributed by atoms with Crippen molar-refractivity contribution < 1.29 is 20.2 Å². The first-order chi connectivity index (χ1) is 25.1. The number of likely N-dealkylation sites (N-methyl/N-ethyl adjacent to an activating group) is 1.